The second-order valence-electron chi connectivity index (χ2n) is 7.82. The molecule has 31 heavy (non-hydrogen) atoms. The monoisotopic (exact) mass is 410 g/mol. The van der Waals surface area contributed by atoms with Crippen molar-refractivity contribution in [3.63, 3.8) is 0 Å². The van der Waals surface area contributed by atoms with Crippen molar-refractivity contribution in [3.8, 4) is 22.5 Å². The average Bonchev–Trinajstić information content (AvgIpc) is 3.34. The zero-order valence-electron chi connectivity index (χ0n) is 17.2. The molecule has 0 amide bonds. The van der Waals surface area contributed by atoms with Crippen molar-refractivity contribution in [2.75, 3.05) is 0 Å². The highest BCUT2D eigenvalue weighted by molar-refractivity contribution is 5.99. The Bertz CT molecular complexity index is 1340. The first-order valence-electron chi connectivity index (χ1n) is 10.4. The molecule has 0 unspecified atom stereocenters. The number of carboxylic acid groups (broad SMARTS) is 1. The van der Waals surface area contributed by atoms with Crippen molar-refractivity contribution in [2.24, 2.45) is 0 Å². The van der Waals surface area contributed by atoms with E-state index in [0.29, 0.717) is 6.42 Å². The van der Waals surface area contributed by atoms with Gasteiger partial charge in [-0.15, -0.1) is 0 Å². The molecule has 0 fully saturated rings. The van der Waals surface area contributed by atoms with E-state index in [1.165, 1.54) is 11.8 Å². The van der Waals surface area contributed by atoms with E-state index in [1.54, 1.807) is 6.08 Å². The standard InChI is InChI=1S/C25H22N4O2/c1-16-5-2-7-20(27-16)25-24(22-8-4-14-29(22)28-25)19-12-13-26-21-15-17(10-11-18(19)21)6-3-9-23(30)31/h2-3,5,7,9-13,15H,4,6,8,14H2,1H3,(H,30,31). The fourth-order valence-electron chi connectivity index (χ4n) is 4.30. The van der Waals surface area contributed by atoms with Crippen molar-refractivity contribution in [2.45, 2.75) is 32.7 Å². The second-order valence-corrected chi connectivity index (χ2v) is 7.82. The van der Waals surface area contributed by atoms with Crippen molar-refractivity contribution < 1.29 is 9.90 Å². The van der Waals surface area contributed by atoms with Gasteiger partial charge in [0.05, 0.1) is 11.2 Å². The molecular weight excluding hydrogens is 388 g/mol. The van der Waals surface area contributed by atoms with E-state index in [0.717, 1.165) is 64.1 Å². The summed E-state index contributed by atoms with van der Waals surface area (Å²) in [6, 6.07) is 14.2. The van der Waals surface area contributed by atoms with Gasteiger partial charge in [0.25, 0.3) is 0 Å². The van der Waals surface area contributed by atoms with E-state index in [2.05, 4.69) is 21.8 Å². The van der Waals surface area contributed by atoms with Crippen LogP contribution in [0, 0.1) is 6.92 Å². The van der Waals surface area contributed by atoms with Gasteiger partial charge in [0, 0.05) is 41.2 Å². The molecule has 1 aliphatic rings. The van der Waals surface area contributed by atoms with Crippen molar-refractivity contribution >= 4 is 16.9 Å². The molecule has 6 nitrogen and oxygen atoms in total. The van der Waals surface area contributed by atoms with Gasteiger partial charge in [0.2, 0.25) is 0 Å². The Labute approximate surface area is 179 Å². The largest absolute Gasteiger partial charge is 0.478 e. The fourth-order valence-corrected chi connectivity index (χ4v) is 4.30. The topological polar surface area (TPSA) is 80.9 Å². The highest BCUT2D eigenvalue weighted by Crippen LogP contribution is 2.39. The predicted octanol–water partition coefficient (Wildman–Crippen LogP) is 4.60. The van der Waals surface area contributed by atoms with Gasteiger partial charge in [-0.1, -0.05) is 24.3 Å². The number of fused-ring (bicyclic) bond motifs is 2. The van der Waals surface area contributed by atoms with Crippen LogP contribution >= 0.6 is 0 Å². The summed E-state index contributed by atoms with van der Waals surface area (Å²) in [6.07, 6.45) is 7.30. The van der Waals surface area contributed by atoms with Gasteiger partial charge in [-0.3, -0.25) is 14.6 Å². The Balaban J connectivity index is 1.65. The molecule has 6 heteroatoms. The molecule has 0 saturated carbocycles. The summed E-state index contributed by atoms with van der Waals surface area (Å²) in [5, 5.41) is 14.8. The third kappa shape index (κ3) is 3.61. The Kier molecular flexibility index (Phi) is 4.82. The molecule has 3 aromatic heterocycles. The van der Waals surface area contributed by atoms with Crippen LogP contribution in [0.25, 0.3) is 33.4 Å². The zero-order valence-corrected chi connectivity index (χ0v) is 17.2. The minimum atomic E-state index is -0.937. The summed E-state index contributed by atoms with van der Waals surface area (Å²) in [7, 11) is 0. The average molecular weight is 410 g/mol. The van der Waals surface area contributed by atoms with Gasteiger partial charge in [-0.2, -0.15) is 5.10 Å². The molecule has 0 radical (unpaired) electrons. The smallest absolute Gasteiger partial charge is 0.327 e. The van der Waals surface area contributed by atoms with E-state index >= 15 is 0 Å². The molecule has 4 heterocycles. The molecular formula is C25H22N4O2. The van der Waals surface area contributed by atoms with E-state index < -0.39 is 5.97 Å². The van der Waals surface area contributed by atoms with Crippen LogP contribution in [-0.4, -0.2) is 30.8 Å². The summed E-state index contributed by atoms with van der Waals surface area (Å²) >= 11 is 0. The maximum absolute atomic E-state index is 10.7. The lowest BCUT2D eigenvalue weighted by Gasteiger charge is -2.10. The number of nitrogens with zero attached hydrogens (tertiary/aromatic N) is 4. The molecule has 0 spiro atoms. The van der Waals surface area contributed by atoms with Crippen LogP contribution in [0.3, 0.4) is 0 Å². The minimum absolute atomic E-state index is 0.551. The quantitative estimate of drug-likeness (QED) is 0.487. The molecule has 154 valence electrons. The van der Waals surface area contributed by atoms with E-state index in [-0.39, 0.29) is 0 Å². The Morgan fingerprint density at radius 3 is 2.97 bits per heavy atom. The van der Waals surface area contributed by atoms with Crippen LogP contribution in [0.1, 0.15) is 23.4 Å². The van der Waals surface area contributed by atoms with Gasteiger partial charge in [0.1, 0.15) is 5.69 Å². The fraction of sp³-hybridized carbons (Fsp3) is 0.200. The first kappa shape index (κ1) is 19.2. The SMILES string of the molecule is Cc1cccc(-c2nn3c(c2-c2ccnc4cc(CC=CC(=O)O)ccc24)CCC3)n1. The van der Waals surface area contributed by atoms with Crippen LogP contribution in [0.15, 0.2) is 60.8 Å². The number of pyridine rings is 2. The van der Waals surface area contributed by atoms with Gasteiger partial charge >= 0.3 is 5.97 Å². The molecule has 0 saturated heterocycles. The Hall–Kier alpha value is -3.80. The number of carboxylic acids is 1. The molecule has 4 aromatic rings. The number of aryl methyl sites for hydroxylation is 2. The van der Waals surface area contributed by atoms with Crippen LogP contribution in [-0.2, 0) is 24.2 Å². The summed E-state index contributed by atoms with van der Waals surface area (Å²) in [6.45, 7) is 2.92. The predicted molar refractivity (Wildman–Crippen MR) is 120 cm³/mol. The van der Waals surface area contributed by atoms with Gasteiger partial charge in [-0.25, -0.2) is 4.79 Å². The van der Waals surface area contributed by atoms with Gasteiger partial charge in [-0.05, 0) is 61.6 Å². The van der Waals surface area contributed by atoms with Crippen molar-refractivity contribution in [1.82, 2.24) is 19.7 Å². The van der Waals surface area contributed by atoms with Gasteiger partial charge in [0.15, 0.2) is 0 Å². The molecule has 0 aliphatic carbocycles. The minimum Gasteiger partial charge on any atom is -0.478 e. The summed E-state index contributed by atoms with van der Waals surface area (Å²) in [5.41, 5.74) is 8.18. The van der Waals surface area contributed by atoms with E-state index in [4.69, 9.17) is 15.2 Å². The number of aromatic nitrogens is 4. The lowest BCUT2D eigenvalue weighted by molar-refractivity contribution is -0.131. The number of carbonyl (C=O) groups is 1. The molecule has 0 bridgehead atoms. The maximum atomic E-state index is 10.7. The number of allylic oxidation sites excluding steroid dienone is 1. The maximum Gasteiger partial charge on any atom is 0.327 e. The molecule has 1 N–H and O–H groups in total. The van der Waals surface area contributed by atoms with Crippen LogP contribution < -0.4 is 0 Å². The lowest BCUT2D eigenvalue weighted by atomic mass is 9.95. The second kappa shape index (κ2) is 7.80. The van der Waals surface area contributed by atoms with Crippen LogP contribution in [0.4, 0.5) is 0 Å². The van der Waals surface area contributed by atoms with Crippen molar-refractivity contribution in [1.29, 1.82) is 0 Å². The van der Waals surface area contributed by atoms with Crippen LogP contribution in [0.5, 0.6) is 0 Å². The summed E-state index contributed by atoms with van der Waals surface area (Å²) < 4.78 is 2.12. The molecule has 1 aliphatic heterocycles. The third-order valence-corrected chi connectivity index (χ3v) is 5.66. The zero-order chi connectivity index (χ0) is 21.4. The third-order valence-electron chi connectivity index (χ3n) is 5.66. The summed E-state index contributed by atoms with van der Waals surface area (Å²) in [5.74, 6) is -0.937. The van der Waals surface area contributed by atoms with E-state index in [9.17, 15) is 4.79 Å². The summed E-state index contributed by atoms with van der Waals surface area (Å²) in [4.78, 5) is 20.0. The van der Waals surface area contributed by atoms with Crippen molar-refractivity contribution in [3.05, 3.63) is 77.8 Å². The normalized spacial score (nSPS) is 13.2. The van der Waals surface area contributed by atoms with Crippen LogP contribution in [0.2, 0.25) is 0 Å². The lowest BCUT2D eigenvalue weighted by Crippen LogP contribution is -1.95. The highest BCUT2D eigenvalue weighted by atomic mass is 16.4. The molecule has 1 aromatic carbocycles. The highest BCUT2D eigenvalue weighted by Gasteiger charge is 2.25. The number of benzene rings is 1. The molecule has 0 atom stereocenters. The Morgan fingerprint density at radius 2 is 2.13 bits per heavy atom. The Morgan fingerprint density at radius 1 is 1.23 bits per heavy atom. The number of rotatable bonds is 5. The first-order valence-corrected chi connectivity index (χ1v) is 10.4. The number of aliphatic carboxylic acids is 1. The van der Waals surface area contributed by atoms with E-state index in [1.807, 2.05) is 43.5 Å². The number of hydrogen-bond donors (Lipinski definition) is 1. The number of hydrogen-bond acceptors (Lipinski definition) is 4. The first-order chi connectivity index (χ1) is 15.1. The van der Waals surface area contributed by atoms with Gasteiger partial charge < -0.3 is 5.11 Å². The molecule has 5 rings (SSSR count).